The van der Waals surface area contributed by atoms with Gasteiger partial charge in [0.2, 0.25) is 0 Å². The van der Waals surface area contributed by atoms with Crippen molar-refractivity contribution in [3.05, 3.63) is 0 Å². The minimum Gasteiger partial charge on any atom is -0.264 e. The maximum absolute atomic E-state index is 8.74. The maximum atomic E-state index is 8.74. The van der Waals surface area contributed by atoms with E-state index in [0.717, 1.165) is 26.1 Å². The first-order valence-electron chi connectivity index (χ1n) is 8.44. The predicted molar refractivity (Wildman–Crippen MR) is 86.1 cm³/mol. The van der Waals surface area contributed by atoms with Crippen LogP contribution in [0.5, 0.6) is 0 Å². The highest BCUT2D eigenvalue weighted by Crippen LogP contribution is 2.13. The lowest BCUT2D eigenvalue weighted by Gasteiger charge is -2.04. The molecule has 0 aromatic rings. The molecule has 134 valence electrons. The van der Waals surface area contributed by atoms with Gasteiger partial charge in [-0.2, -0.15) is 8.42 Å². The lowest BCUT2D eigenvalue weighted by Crippen LogP contribution is -1.99. The zero-order valence-electron chi connectivity index (χ0n) is 13.5. The lowest BCUT2D eigenvalue weighted by molar-refractivity contribution is -0.295. The summed E-state index contributed by atoms with van der Waals surface area (Å²) >= 11 is 0. The van der Waals surface area contributed by atoms with Gasteiger partial charge in [-0.15, -0.1) is 0 Å². The van der Waals surface area contributed by atoms with E-state index < -0.39 is 10.4 Å². The van der Waals surface area contributed by atoms with Crippen LogP contribution in [0, 0.1) is 0 Å². The van der Waals surface area contributed by atoms with Crippen molar-refractivity contribution in [2.45, 2.75) is 83.5 Å². The molecule has 1 aliphatic heterocycles. The Bertz CT molecular complexity index is 241. The van der Waals surface area contributed by atoms with Crippen LogP contribution in [0.3, 0.4) is 0 Å². The maximum Gasteiger partial charge on any atom is 0.394 e. The second kappa shape index (κ2) is 15.7. The Morgan fingerprint density at radius 3 is 0.909 bits per heavy atom. The summed E-state index contributed by atoms with van der Waals surface area (Å²) in [5, 5.41) is 0. The van der Waals surface area contributed by atoms with E-state index in [4.69, 9.17) is 27.3 Å². The summed E-state index contributed by atoms with van der Waals surface area (Å²) in [4.78, 5) is 10.3. The van der Waals surface area contributed by atoms with Crippen LogP contribution in [-0.2, 0) is 20.2 Å². The van der Waals surface area contributed by atoms with Crippen molar-refractivity contribution in [2.75, 3.05) is 13.2 Å². The molecule has 2 N–H and O–H groups in total. The van der Waals surface area contributed by atoms with E-state index in [-0.39, 0.29) is 0 Å². The van der Waals surface area contributed by atoms with Crippen LogP contribution in [0.2, 0.25) is 0 Å². The molecule has 7 heteroatoms. The normalized spacial score (nSPS) is 21.2. The minimum absolute atomic E-state index is 0.778. The highest BCUT2D eigenvalue weighted by molar-refractivity contribution is 7.79. The molecule has 0 saturated carbocycles. The molecule has 1 heterocycles. The van der Waals surface area contributed by atoms with Gasteiger partial charge in [-0.1, -0.05) is 70.6 Å². The molecule has 0 radical (unpaired) electrons. The van der Waals surface area contributed by atoms with E-state index >= 15 is 0 Å². The zero-order chi connectivity index (χ0) is 16.5. The summed E-state index contributed by atoms with van der Waals surface area (Å²) in [6.07, 6.45) is 17.6. The summed E-state index contributed by atoms with van der Waals surface area (Å²) < 4.78 is 31.6. The first kappa shape index (κ1) is 21.8. The summed E-state index contributed by atoms with van der Waals surface area (Å²) in [7, 11) is -4.67. The fourth-order valence-corrected chi connectivity index (χ4v) is 2.38. The van der Waals surface area contributed by atoms with E-state index in [0.29, 0.717) is 0 Å². The molecule has 0 spiro atoms. The summed E-state index contributed by atoms with van der Waals surface area (Å²) in [5.74, 6) is 0. The van der Waals surface area contributed by atoms with Gasteiger partial charge in [0.15, 0.2) is 0 Å². The van der Waals surface area contributed by atoms with Gasteiger partial charge in [0.1, 0.15) is 0 Å². The standard InChI is InChI=1S/C15H30O2.H2O4S/c1-2-4-6-8-10-12-14-16-17-15-13-11-9-7-5-3-1;1-5(2,3)4/h1-15H2;(H2,1,2,3,4). The van der Waals surface area contributed by atoms with Crippen molar-refractivity contribution >= 4 is 10.4 Å². The molecular formula is C15H32O6S. The van der Waals surface area contributed by atoms with Crippen LogP contribution < -0.4 is 0 Å². The molecule has 0 unspecified atom stereocenters. The quantitative estimate of drug-likeness (QED) is 0.502. The number of hydrogen-bond donors (Lipinski definition) is 2. The van der Waals surface area contributed by atoms with Crippen LogP contribution in [-0.4, -0.2) is 30.7 Å². The average molecular weight is 340 g/mol. The SMILES string of the molecule is C1CCCCCCCOOCCCCCCC1.O=S(=O)(O)O. The third kappa shape index (κ3) is 24.8. The molecule has 0 atom stereocenters. The van der Waals surface area contributed by atoms with Gasteiger partial charge in [0.05, 0.1) is 13.2 Å². The third-order valence-electron chi connectivity index (χ3n) is 3.54. The van der Waals surface area contributed by atoms with Crippen molar-refractivity contribution in [1.29, 1.82) is 0 Å². The Morgan fingerprint density at radius 1 is 0.500 bits per heavy atom. The van der Waals surface area contributed by atoms with Gasteiger partial charge in [-0.3, -0.25) is 9.11 Å². The molecule has 0 bridgehead atoms. The van der Waals surface area contributed by atoms with E-state index in [1.165, 1.54) is 70.6 Å². The Balaban J connectivity index is 0.000000763. The average Bonchev–Trinajstić information content (AvgIpc) is 2.42. The minimum atomic E-state index is -4.67. The zero-order valence-corrected chi connectivity index (χ0v) is 14.4. The summed E-state index contributed by atoms with van der Waals surface area (Å²) in [5.41, 5.74) is 0. The Labute approximate surface area is 135 Å². The molecule has 1 aliphatic rings. The van der Waals surface area contributed by atoms with Gasteiger partial charge < -0.3 is 0 Å². The molecular weight excluding hydrogens is 308 g/mol. The van der Waals surface area contributed by atoms with Crippen molar-refractivity contribution in [1.82, 2.24) is 0 Å². The smallest absolute Gasteiger partial charge is 0.264 e. The largest absolute Gasteiger partial charge is 0.394 e. The van der Waals surface area contributed by atoms with Gasteiger partial charge in [0, 0.05) is 0 Å². The van der Waals surface area contributed by atoms with Gasteiger partial charge in [-0.25, -0.2) is 9.78 Å². The van der Waals surface area contributed by atoms with Crippen molar-refractivity contribution in [3.63, 3.8) is 0 Å². The summed E-state index contributed by atoms with van der Waals surface area (Å²) in [6, 6.07) is 0. The molecule has 22 heavy (non-hydrogen) atoms. The molecule has 1 saturated heterocycles. The topological polar surface area (TPSA) is 93.1 Å². The monoisotopic (exact) mass is 340 g/mol. The molecule has 0 aromatic heterocycles. The van der Waals surface area contributed by atoms with Crippen molar-refractivity contribution in [3.8, 4) is 0 Å². The van der Waals surface area contributed by atoms with Crippen LogP contribution in [0.1, 0.15) is 83.5 Å². The van der Waals surface area contributed by atoms with Crippen molar-refractivity contribution in [2.24, 2.45) is 0 Å². The molecule has 1 rings (SSSR count). The van der Waals surface area contributed by atoms with Crippen LogP contribution in [0.15, 0.2) is 0 Å². The molecule has 0 amide bonds. The van der Waals surface area contributed by atoms with E-state index in [1.54, 1.807) is 0 Å². The molecule has 6 nitrogen and oxygen atoms in total. The first-order chi connectivity index (χ1) is 10.5. The first-order valence-corrected chi connectivity index (χ1v) is 9.84. The van der Waals surface area contributed by atoms with Crippen molar-refractivity contribution < 1.29 is 27.3 Å². The van der Waals surface area contributed by atoms with Crippen LogP contribution >= 0.6 is 0 Å². The van der Waals surface area contributed by atoms with Crippen LogP contribution in [0.25, 0.3) is 0 Å². The Morgan fingerprint density at radius 2 is 0.682 bits per heavy atom. The summed E-state index contributed by atoms with van der Waals surface area (Å²) in [6.45, 7) is 1.56. The number of hydrogen-bond acceptors (Lipinski definition) is 4. The third-order valence-corrected chi connectivity index (χ3v) is 3.54. The van der Waals surface area contributed by atoms with Crippen LogP contribution in [0.4, 0.5) is 0 Å². The van der Waals surface area contributed by atoms with E-state index in [9.17, 15) is 0 Å². The Hall–Kier alpha value is -0.210. The molecule has 0 aliphatic carbocycles. The lowest BCUT2D eigenvalue weighted by atomic mass is 10.0. The Kier molecular flexibility index (Phi) is 15.5. The van der Waals surface area contributed by atoms with Gasteiger partial charge >= 0.3 is 10.4 Å². The van der Waals surface area contributed by atoms with Gasteiger partial charge in [0.25, 0.3) is 0 Å². The second-order valence-electron chi connectivity index (χ2n) is 5.69. The highest BCUT2D eigenvalue weighted by Gasteiger charge is 1.96. The van der Waals surface area contributed by atoms with E-state index in [2.05, 4.69) is 0 Å². The number of rotatable bonds is 0. The molecule has 0 aromatic carbocycles. The predicted octanol–water partition coefficient (Wildman–Crippen LogP) is 4.37. The molecule has 1 fully saturated rings. The fourth-order valence-electron chi connectivity index (χ4n) is 2.38. The highest BCUT2D eigenvalue weighted by atomic mass is 32.3. The van der Waals surface area contributed by atoms with Gasteiger partial charge in [-0.05, 0) is 12.8 Å². The van der Waals surface area contributed by atoms with E-state index in [1.807, 2.05) is 0 Å². The second-order valence-corrected chi connectivity index (χ2v) is 6.58. The fraction of sp³-hybridized carbons (Fsp3) is 1.00.